The molecule has 0 fully saturated rings. The van der Waals surface area contributed by atoms with Gasteiger partial charge in [-0.1, -0.05) is 43.3 Å². The minimum Gasteiger partial charge on any atom is -0.192 e. The quantitative estimate of drug-likeness (QED) is 0.753. The summed E-state index contributed by atoms with van der Waals surface area (Å²) in [5, 5.41) is 9.17. The van der Waals surface area contributed by atoms with Crippen LogP contribution in [0, 0.1) is 11.3 Å². The summed E-state index contributed by atoms with van der Waals surface area (Å²) < 4.78 is 0. The molecule has 0 aliphatic heterocycles. The van der Waals surface area contributed by atoms with Gasteiger partial charge in [0.1, 0.15) is 6.07 Å². The number of hydrogen-bond donors (Lipinski definition) is 0. The fourth-order valence-corrected chi connectivity index (χ4v) is 2.68. The molecule has 18 heavy (non-hydrogen) atoms. The largest absolute Gasteiger partial charge is 0.192 e. The highest BCUT2D eigenvalue weighted by Gasteiger charge is 2.04. The first-order valence-electron chi connectivity index (χ1n) is 6.03. The van der Waals surface area contributed by atoms with E-state index in [9.17, 15) is 5.26 Å². The Kier molecular flexibility index (Phi) is 4.44. The van der Waals surface area contributed by atoms with Crippen molar-refractivity contribution in [2.24, 2.45) is 0 Å². The molecule has 90 valence electrons. The molecule has 2 heteroatoms. The van der Waals surface area contributed by atoms with E-state index in [0.29, 0.717) is 0 Å². The summed E-state index contributed by atoms with van der Waals surface area (Å²) in [6.45, 7) is 2.10. The molecule has 0 unspecified atom stereocenters. The van der Waals surface area contributed by atoms with Crippen molar-refractivity contribution in [2.75, 3.05) is 0 Å². The van der Waals surface area contributed by atoms with Crippen molar-refractivity contribution in [1.29, 1.82) is 5.26 Å². The van der Waals surface area contributed by atoms with Crippen LogP contribution < -0.4 is 0 Å². The van der Waals surface area contributed by atoms with E-state index in [4.69, 9.17) is 0 Å². The molecule has 0 aliphatic rings. The lowest BCUT2D eigenvalue weighted by molar-refractivity contribution is 1.12. The molecule has 0 spiro atoms. The predicted octanol–water partition coefficient (Wildman–Crippen LogP) is 4.41. The summed E-state index contributed by atoms with van der Waals surface area (Å²) in [7, 11) is 0. The summed E-state index contributed by atoms with van der Waals surface area (Å²) in [5.74, 6) is 0.904. The van der Waals surface area contributed by atoms with Gasteiger partial charge in [0.2, 0.25) is 0 Å². The van der Waals surface area contributed by atoms with Crippen molar-refractivity contribution in [3.05, 3.63) is 65.2 Å². The molecule has 2 aromatic rings. The van der Waals surface area contributed by atoms with Crippen LogP contribution in [0.4, 0.5) is 0 Å². The van der Waals surface area contributed by atoms with Crippen LogP contribution in [0.3, 0.4) is 0 Å². The van der Waals surface area contributed by atoms with Gasteiger partial charge in [-0.2, -0.15) is 5.26 Å². The Labute approximate surface area is 112 Å². The Bertz CT molecular complexity index is 555. The maximum absolute atomic E-state index is 9.17. The second-order valence-corrected chi connectivity index (χ2v) is 5.09. The van der Waals surface area contributed by atoms with E-state index in [0.717, 1.165) is 22.6 Å². The Balaban J connectivity index is 2.12. The fraction of sp³-hybridized carbons (Fsp3) is 0.188. The van der Waals surface area contributed by atoms with Crippen molar-refractivity contribution in [3.8, 4) is 6.07 Å². The van der Waals surface area contributed by atoms with E-state index >= 15 is 0 Å². The molecular formula is C16H15NS. The van der Waals surface area contributed by atoms with Crippen LogP contribution >= 0.6 is 11.8 Å². The van der Waals surface area contributed by atoms with Gasteiger partial charge in [0.05, 0.1) is 5.56 Å². The van der Waals surface area contributed by atoms with Gasteiger partial charge in [-0.15, -0.1) is 11.8 Å². The summed E-state index contributed by atoms with van der Waals surface area (Å²) in [4.78, 5) is 1.07. The topological polar surface area (TPSA) is 23.8 Å². The zero-order valence-electron chi connectivity index (χ0n) is 10.4. The number of benzene rings is 2. The smallest absolute Gasteiger partial charge is 0.100 e. The third-order valence-corrected chi connectivity index (χ3v) is 3.95. The molecule has 0 saturated heterocycles. The molecule has 0 heterocycles. The number of aryl methyl sites for hydroxylation is 1. The first-order chi connectivity index (χ1) is 8.83. The lowest BCUT2D eigenvalue weighted by Crippen LogP contribution is -1.87. The fourth-order valence-electron chi connectivity index (χ4n) is 1.75. The zero-order chi connectivity index (χ0) is 12.8. The third-order valence-electron chi connectivity index (χ3n) is 2.81. The molecule has 0 radical (unpaired) electrons. The second-order valence-electron chi connectivity index (χ2n) is 4.07. The van der Waals surface area contributed by atoms with E-state index in [-0.39, 0.29) is 0 Å². The molecule has 0 N–H and O–H groups in total. The molecule has 0 aromatic heterocycles. The van der Waals surface area contributed by atoms with Crippen molar-refractivity contribution in [3.63, 3.8) is 0 Å². The Morgan fingerprint density at radius 2 is 1.83 bits per heavy atom. The lowest BCUT2D eigenvalue weighted by atomic mass is 10.1. The number of hydrogen-bond acceptors (Lipinski definition) is 2. The lowest BCUT2D eigenvalue weighted by Gasteiger charge is -2.06. The van der Waals surface area contributed by atoms with Crippen molar-refractivity contribution in [2.45, 2.75) is 24.0 Å². The first-order valence-corrected chi connectivity index (χ1v) is 7.01. The normalized spacial score (nSPS) is 10.0. The zero-order valence-corrected chi connectivity index (χ0v) is 11.2. The van der Waals surface area contributed by atoms with Crippen LogP contribution in [-0.4, -0.2) is 0 Å². The second kappa shape index (κ2) is 6.28. The van der Waals surface area contributed by atoms with E-state index in [1.54, 1.807) is 11.8 Å². The molecule has 0 aliphatic carbocycles. The molecule has 2 aromatic carbocycles. The maximum atomic E-state index is 9.17. The monoisotopic (exact) mass is 253 g/mol. The van der Waals surface area contributed by atoms with E-state index < -0.39 is 0 Å². The van der Waals surface area contributed by atoms with Gasteiger partial charge in [-0.3, -0.25) is 0 Å². The first kappa shape index (κ1) is 12.7. The van der Waals surface area contributed by atoms with E-state index in [1.807, 2.05) is 24.3 Å². The number of thioether (sulfide) groups is 1. The number of nitriles is 1. The van der Waals surface area contributed by atoms with Crippen LogP contribution in [-0.2, 0) is 12.2 Å². The molecule has 0 atom stereocenters. The number of rotatable bonds is 4. The standard InChI is InChI=1S/C16H15NS/c1-2-13-8-9-16(15(10-13)11-17)18-12-14-6-4-3-5-7-14/h3-10H,2,12H2,1H3. The molecule has 2 rings (SSSR count). The molecule has 0 bridgehead atoms. The predicted molar refractivity (Wildman–Crippen MR) is 76.5 cm³/mol. The van der Waals surface area contributed by atoms with Gasteiger partial charge in [-0.05, 0) is 29.7 Å². The summed E-state index contributed by atoms with van der Waals surface area (Å²) in [6.07, 6.45) is 0.971. The number of nitrogens with zero attached hydrogens (tertiary/aromatic N) is 1. The van der Waals surface area contributed by atoms with Gasteiger partial charge >= 0.3 is 0 Å². The maximum Gasteiger partial charge on any atom is 0.100 e. The van der Waals surface area contributed by atoms with E-state index in [1.165, 1.54) is 11.1 Å². The van der Waals surface area contributed by atoms with Crippen LogP contribution in [0.1, 0.15) is 23.6 Å². The minimum absolute atomic E-state index is 0.787. The van der Waals surface area contributed by atoms with Crippen molar-refractivity contribution < 1.29 is 0 Å². The average Bonchev–Trinajstić information content (AvgIpc) is 2.46. The SMILES string of the molecule is CCc1ccc(SCc2ccccc2)c(C#N)c1. The van der Waals surface area contributed by atoms with Crippen LogP contribution in [0.5, 0.6) is 0 Å². The molecule has 1 nitrogen and oxygen atoms in total. The Morgan fingerprint density at radius 3 is 2.50 bits per heavy atom. The van der Waals surface area contributed by atoms with Gasteiger partial charge < -0.3 is 0 Å². The minimum atomic E-state index is 0.787. The highest BCUT2D eigenvalue weighted by Crippen LogP contribution is 2.26. The molecule has 0 amide bonds. The summed E-state index contributed by atoms with van der Waals surface area (Å²) in [6, 6.07) is 18.8. The van der Waals surface area contributed by atoms with Gasteiger partial charge in [0, 0.05) is 10.6 Å². The summed E-state index contributed by atoms with van der Waals surface area (Å²) >= 11 is 1.72. The third kappa shape index (κ3) is 3.15. The van der Waals surface area contributed by atoms with Crippen LogP contribution in [0.15, 0.2) is 53.4 Å². The van der Waals surface area contributed by atoms with Gasteiger partial charge in [-0.25, -0.2) is 0 Å². The van der Waals surface area contributed by atoms with Gasteiger partial charge in [0.15, 0.2) is 0 Å². The highest BCUT2D eigenvalue weighted by molar-refractivity contribution is 7.98. The van der Waals surface area contributed by atoms with Crippen LogP contribution in [0.25, 0.3) is 0 Å². The average molecular weight is 253 g/mol. The van der Waals surface area contributed by atoms with E-state index in [2.05, 4.69) is 37.3 Å². The summed E-state index contributed by atoms with van der Waals surface area (Å²) in [5.41, 5.74) is 3.29. The van der Waals surface area contributed by atoms with Gasteiger partial charge in [0.25, 0.3) is 0 Å². The van der Waals surface area contributed by atoms with Crippen LogP contribution in [0.2, 0.25) is 0 Å². The Hall–Kier alpha value is -1.72. The van der Waals surface area contributed by atoms with Crippen molar-refractivity contribution in [1.82, 2.24) is 0 Å². The molecule has 0 saturated carbocycles. The molecular weight excluding hydrogens is 238 g/mol. The Morgan fingerprint density at radius 1 is 1.06 bits per heavy atom. The highest BCUT2D eigenvalue weighted by atomic mass is 32.2. The van der Waals surface area contributed by atoms with Crippen molar-refractivity contribution >= 4 is 11.8 Å².